The monoisotopic (exact) mass is 234 g/mol. The first-order valence-electron chi connectivity index (χ1n) is 5.54. The van der Waals surface area contributed by atoms with Gasteiger partial charge < -0.3 is 4.90 Å². The number of hydrogen-bond acceptors (Lipinski definition) is 3. The molecule has 0 aliphatic carbocycles. The summed E-state index contributed by atoms with van der Waals surface area (Å²) < 4.78 is 24.3. The number of likely N-dealkylation sites (tertiary alicyclic amines) is 1. The highest BCUT2D eigenvalue weighted by molar-refractivity contribution is 7.88. The minimum absolute atomic E-state index is 0.526. The molecule has 5 heteroatoms. The van der Waals surface area contributed by atoms with Crippen LogP contribution in [0.15, 0.2) is 0 Å². The summed E-state index contributed by atoms with van der Waals surface area (Å²) in [7, 11) is -3.03. The van der Waals surface area contributed by atoms with Crippen LogP contribution in [0.25, 0.3) is 0 Å². The third-order valence-electron chi connectivity index (χ3n) is 2.74. The Labute approximate surface area is 93.1 Å². The van der Waals surface area contributed by atoms with Crippen LogP contribution in [0, 0.1) is 11.8 Å². The molecule has 15 heavy (non-hydrogen) atoms. The molecule has 0 aromatic rings. The average Bonchev–Trinajstić information content (AvgIpc) is 1.99. The second kappa shape index (κ2) is 5.27. The van der Waals surface area contributed by atoms with Crippen molar-refractivity contribution in [3.63, 3.8) is 0 Å². The van der Waals surface area contributed by atoms with E-state index in [1.165, 1.54) is 12.7 Å². The molecule has 0 aromatic heterocycles. The van der Waals surface area contributed by atoms with Gasteiger partial charge in [-0.05, 0) is 18.3 Å². The maximum atomic E-state index is 10.9. The van der Waals surface area contributed by atoms with E-state index in [0.717, 1.165) is 31.5 Å². The van der Waals surface area contributed by atoms with Crippen molar-refractivity contribution in [1.82, 2.24) is 9.62 Å². The fourth-order valence-corrected chi connectivity index (χ4v) is 2.83. The van der Waals surface area contributed by atoms with Gasteiger partial charge in [0, 0.05) is 26.2 Å². The van der Waals surface area contributed by atoms with Crippen LogP contribution >= 0.6 is 0 Å². The van der Waals surface area contributed by atoms with Crippen LogP contribution in [0.2, 0.25) is 0 Å². The Morgan fingerprint density at radius 3 is 2.27 bits per heavy atom. The lowest BCUT2D eigenvalue weighted by molar-refractivity contribution is 0.143. The highest BCUT2D eigenvalue weighted by atomic mass is 32.2. The Kier molecular flexibility index (Phi) is 4.55. The second-order valence-electron chi connectivity index (χ2n) is 4.87. The molecular weight excluding hydrogens is 212 g/mol. The van der Waals surface area contributed by atoms with Gasteiger partial charge in [-0.15, -0.1) is 0 Å². The van der Waals surface area contributed by atoms with Crippen molar-refractivity contribution in [3.8, 4) is 0 Å². The summed E-state index contributed by atoms with van der Waals surface area (Å²) in [5.74, 6) is 1.46. The minimum Gasteiger partial charge on any atom is -0.302 e. The average molecular weight is 234 g/mol. The lowest BCUT2D eigenvalue weighted by Gasteiger charge is -2.34. The molecule has 2 unspecified atom stereocenters. The van der Waals surface area contributed by atoms with Crippen LogP contribution in [0.4, 0.5) is 0 Å². The van der Waals surface area contributed by atoms with Gasteiger partial charge in [-0.25, -0.2) is 13.1 Å². The fourth-order valence-electron chi connectivity index (χ4n) is 2.36. The van der Waals surface area contributed by atoms with E-state index >= 15 is 0 Å². The molecule has 0 radical (unpaired) electrons. The third-order valence-corrected chi connectivity index (χ3v) is 3.47. The first-order chi connectivity index (χ1) is 6.87. The van der Waals surface area contributed by atoms with Gasteiger partial charge in [0.05, 0.1) is 6.26 Å². The summed E-state index contributed by atoms with van der Waals surface area (Å²) in [5.41, 5.74) is 0. The quantitative estimate of drug-likeness (QED) is 0.771. The van der Waals surface area contributed by atoms with E-state index in [4.69, 9.17) is 0 Å². The molecule has 1 aliphatic rings. The lowest BCUT2D eigenvalue weighted by Crippen LogP contribution is -2.42. The van der Waals surface area contributed by atoms with Gasteiger partial charge in [-0.2, -0.15) is 0 Å². The van der Waals surface area contributed by atoms with Crippen LogP contribution in [0.3, 0.4) is 0 Å². The molecule has 4 nitrogen and oxygen atoms in total. The van der Waals surface area contributed by atoms with Crippen molar-refractivity contribution in [2.24, 2.45) is 11.8 Å². The van der Waals surface area contributed by atoms with E-state index in [1.54, 1.807) is 0 Å². The molecule has 1 aliphatic heterocycles. The Morgan fingerprint density at radius 1 is 1.27 bits per heavy atom. The Morgan fingerprint density at radius 2 is 1.80 bits per heavy atom. The highest BCUT2D eigenvalue weighted by Crippen LogP contribution is 2.20. The molecule has 0 bridgehead atoms. The summed E-state index contributed by atoms with van der Waals surface area (Å²) in [6.07, 6.45) is 2.49. The number of piperidine rings is 1. The minimum atomic E-state index is -3.03. The molecule has 1 saturated heterocycles. The van der Waals surface area contributed by atoms with E-state index in [-0.39, 0.29) is 0 Å². The van der Waals surface area contributed by atoms with Crippen LogP contribution in [0.5, 0.6) is 0 Å². The predicted molar refractivity (Wildman–Crippen MR) is 62.2 cm³/mol. The van der Waals surface area contributed by atoms with Gasteiger partial charge in [0.25, 0.3) is 0 Å². The molecule has 0 saturated carbocycles. The second-order valence-corrected chi connectivity index (χ2v) is 6.71. The van der Waals surface area contributed by atoms with Crippen LogP contribution in [0.1, 0.15) is 20.3 Å². The van der Waals surface area contributed by atoms with Gasteiger partial charge in [0.1, 0.15) is 0 Å². The molecule has 0 aromatic carbocycles. The lowest BCUT2D eigenvalue weighted by atomic mass is 9.92. The maximum Gasteiger partial charge on any atom is 0.208 e. The summed E-state index contributed by atoms with van der Waals surface area (Å²) >= 11 is 0. The van der Waals surface area contributed by atoms with Crippen molar-refractivity contribution in [3.05, 3.63) is 0 Å². The molecule has 90 valence electrons. The van der Waals surface area contributed by atoms with E-state index in [0.29, 0.717) is 6.54 Å². The molecule has 2 atom stereocenters. The fraction of sp³-hybridized carbons (Fsp3) is 1.00. The van der Waals surface area contributed by atoms with E-state index < -0.39 is 10.0 Å². The number of hydrogen-bond donors (Lipinski definition) is 1. The summed E-state index contributed by atoms with van der Waals surface area (Å²) in [6, 6.07) is 0. The summed E-state index contributed by atoms with van der Waals surface area (Å²) in [4.78, 5) is 2.34. The zero-order chi connectivity index (χ0) is 11.5. The SMILES string of the molecule is CC1CC(C)CN(CCNS(C)(=O)=O)C1. The molecule has 0 amide bonds. The van der Waals surface area contributed by atoms with Gasteiger partial charge in [-0.3, -0.25) is 0 Å². The Balaban J connectivity index is 2.26. The van der Waals surface area contributed by atoms with Crippen LogP contribution in [-0.2, 0) is 10.0 Å². The molecule has 1 fully saturated rings. The zero-order valence-electron chi connectivity index (χ0n) is 9.86. The molecule has 1 rings (SSSR count). The van der Waals surface area contributed by atoms with Crippen molar-refractivity contribution in [2.75, 3.05) is 32.4 Å². The highest BCUT2D eigenvalue weighted by Gasteiger charge is 2.21. The van der Waals surface area contributed by atoms with Gasteiger partial charge in [0.15, 0.2) is 0 Å². The number of nitrogens with zero attached hydrogens (tertiary/aromatic N) is 1. The van der Waals surface area contributed by atoms with Crippen LogP contribution < -0.4 is 4.72 Å². The summed E-state index contributed by atoms with van der Waals surface area (Å²) in [6.45, 7) is 8.05. The van der Waals surface area contributed by atoms with Gasteiger partial charge >= 0.3 is 0 Å². The van der Waals surface area contributed by atoms with Gasteiger partial charge in [-0.1, -0.05) is 13.8 Å². The zero-order valence-corrected chi connectivity index (χ0v) is 10.7. The third kappa shape index (κ3) is 5.49. The van der Waals surface area contributed by atoms with Gasteiger partial charge in [0.2, 0.25) is 10.0 Å². The van der Waals surface area contributed by atoms with E-state index in [2.05, 4.69) is 23.5 Å². The smallest absolute Gasteiger partial charge is 0.208 e. The van der Waals surface area contributed by atoms with Crippen molar-refractivity contribution >= 4 is 10.0 Å². The van der Waals surface area contributed by atoms with Crippen LogP contribution in [-0.4, -0.2) is 45.8 Å². The Bertz CT molecular complexity index is 280. The molecule has 1 heterocycles. The summed E-state index contributed by atoms with van der Waals surface area (Å²) in [5, 5.41) is 0. The van der Waals surface area contributed by atoms with E-state index in [9.17, 15) is 8.42 Å². The number of sulfonamides is 1. The Hall–Kier alpha value is -0.130. The van der Waals surface area contributed by atoms with Crippen molar-refractivity contribution < 1.29 is 8.42 Å². The maximum absolute atomic E-state index is 10.9. The normalized spacial score (nSPS) is 29.3. The van der Waals surface area contributed by atoms with Crippen molar-refractivity contribution in [1.29, 1.82) is 0 Å². The van der Waals surface area contributed by atoms with E-state index in [1.807, 2.05) is 0 Å². The largest absolute Gasteiger partial charge is 0.302 e. The molecular formula is C10H22N2O2S. The standard InChI is InChI=1S/C10H22N2O2S/c1-9-6-10(2)8-12(7-9)5-4-11-15(3,13)14/h9-11H,4-8H2,1-3H3. The first kappa shape index (κ1) is 12.9. The van der Waals surface area contributed by atoms with Crippen molar-refractivity contribution in [2.45, 2.75) is 20.3 Å². The topological polar surface area (TPSA) is 49.4 Å². The first-order valence-corrected chi connectivity index (χ1v) is 7.43. The number of nitrogens with one attached hydrogen (secondary N) is 1. The number of rotatable bonds is 4. The predicted octanol–water partition coefficient (Wildman–Crippen LogP) is 0.514. The molecule has 1 N–H and O–H groups in total. The molecule has 0 spiro atoms.